The lowest BCUT2D eigenvalue weighted by molar-refractivity contribution is -0.130. The number of nitrogens with zero attached hydrogens (tertiary/aromatic N) is 2. The number of alkyl halides is 1. The van der Waals surface area contributed by atoms with E-state index < -0.39 is 6.17 Å². The van der Waals surface area contributed by atoms with Crippen LogP contribution < -0.4 is 5.32 Å². The number of halogens is 2. The van der Waals surface area contributed by atoms with Crippen LogP contribution in [0.3, 0.4) is 0 Å². The van der Waals surface area contributed by atoms with E-state index >= 15 is 0 Å². The molecule has 2 atom stereocenters. The molecule has 34 heavy (non-hydrogen) atoms. The van der Waals surface area contributed by atoms with Gasteiger partial charge in [-0.2, -0.15) is 0 Å². The second-order valence-corrected chi connectivity index (χ2v) is 11.4. The number of anilines is 1. The van der Waals surface area contributed by atoms with Gasteiger partial charge in [0.2, 0.25) is 5.91 Å². The van der Waals surface area contributed by atoms with Crippen LogP contribution in [0.2, 0.25) is 5.02 Å². The highest BCUT2D eigenvalue weighted by molar-refractivity contribution is 6.32. The SMILES string of the molecule is CC1(C)C[C@H](C(=O)Nc2cc3cc(C4CCC(N5CC[C@@H](F)C5)CC4)c(Cl)cc3cn2)CCO1. The first-order valence-electron chi connectivity index (χ1n) is 12.7. The lowest BCUT2D eigenvalue weighted by Crippen LogP contribution is -2.39. The van der Waals surface area contributed by atoms with Gasteiger partial charge in [-0.1, -0.05) is 11.6 Å². The van der Waals surface area contributed by atoms with Crippen molar-refractivity contribution in [2.24, 2.45) is 5.92 Å². The molecule has 0 radical (unpaired) electrons. The molecule has 3 fully saturated rings. The number of nitrogens with one attached hydrogen (secondary N) is 1. The van der Waals surface area contributed by atoms with E-state index in [1.165, 1.54) is 5.56 Å². The third-order valence-electron chi connectivity index (χ3n) is 7.97. The Morgan fingerprint density at radius 2 is 1.94 bits per heavy atom. The second kappa shape index (κ2) is 9.71. The number of likely N-dealkylation sites (tertiary alicyclic amines) is 1. The number of pyridine rings is 1. The highest BCUT2D eigenvalue weighted by Crippen LogP contribution is 2.40. The fourth-order valence-electron chi connectivity index (χ4n) is 6.08. The average molecular weight is 488 g/mol. The third kappa shape index (κ3) is 5.24. The average Bonchev–Trinajstić information content (AvgIpc) is 3.24. The smallest absolute Gasteiger partial charge is 0.228 e. The van der Waals surface area contributed by atoms with Crippen molar-refractivity contribution in [1.29, 1.82) is 0 Å². The first-order valence-corrected chi connectivity index (χ1v) is 13.1. The third-order valence-corrected chi connectivity index (χ3v) is 8.30. The van der Waals surface area contributed by atoms with Crippen LogP contribution in [0.4, 0.5) is 10.2 Å². The number of benzene rings is 1. The standard InChI is InChI=1S/C27H35ClFN3O2/c1-27(2)14-18(8-10-34-27)26(33)31-25-13-19-11-23(24(28)12-20(19)15-30-25)17-3-5-22(6-4-17)32-9-7-21(29)16-32/h11-13,15,17-18,21-22H,3-10,14,16H2,1-2H3,(H,30,31,33)/t17?,18-,21-,22?/m1/s1. The van der Waals surface area contributed by atoms with Gasteiger partial charge in [0.15, 0.2) is 0 Å². The molecular weight excluding hydrogens is 453 g/mol. The maximum absolute atomic E-state index is 13.6. The van der Waals surface area contributed by atoms with Crippen molar-refractivity contribution in [3.05, 3.63) is 35.0 Å². The van der Waals surface area contributed by atoms with Gasteiger partial charge in [-0.15, -0.1) is 0 Å². The van der Waals surface area contributed by atoms with Crippen LogP contribution in [0.25, 0.3) is 10.8 Å². The molecular formula is C27H35ClFN3O2. The largest absolute Gasteiger partial charge is 0.376 e. The number of carbonyl (C=O) groups excluding carboxylic acids is 1. The van der Waals surface area contributed by atoms with Gasteiger partial charge < -0.3 is 10.1 Å². The van der Waals surface area contributed by atoms with Gasteiger partial charge in [-0.05, 0) is 93.9 Å². The van der Waals surface area contributed by atoms with Gasteiger partial charge in [0.1, 0.15) is 12.0 Å². The lowest BCUT2D eigenvalue weighted by atomic mass is 9.81. The molecule has 2 aliphatic heterocycles. The molecule has 1 aliphatic carbocycles. The molecule has 5 nitrogen and oxygen atoms in total. The molecule has 0 spiro atoms. The van der Waals surface area contributed by atoms with Gasteiger partial charge in [0.05, 0.1) is 5.60 Å². The van der Waals surface area contributed by atoms with Crippen LogP contribution in [0, 0.1) is 5.92 Å². The predicted molar refractivity (Wildman–Crippen MR) is 134 cm³/mol. The Kier molecular flexibility index (Phi) is 6.84. The van der Waals surface area contributed by atoms with Crippen molar-refractivity contribution in [1.82, 2.24) is 9.88 Å². The van der Waals surface area contributed by atoms with Gasteiger partial charge in [-0.3, -0.25) is 9.69 Å². The normalized spacial score (nSPS) is 29.9. The van der Waals surface area contributed by atoms with Crippen molar-refractivity contribution in [3.8, 4) is 0 Å². The highest BCUT2D eigenvalue weighted by atomic mass is 35.5. The van der Waals surface area contributed by atoms with E-state index in [0.717, 1.165) is 54.4 Å². The van der Waals surface area contributed by atoms with Gasteiger partial charge in [0, 0.05) is 48.3 Å². The Morgan fingerprint density at radius 1 is 1.15 bits per heavy atom. The molecule has 1 saturated carbocycles. The molecule has 1 N–H and O–H groups in total. The molecule has 1 aromatic heterocycles. The Balaban J connectivity index is 1.28. The summed E-state index contributed by atoms with van der Waals surface area (Å²) in [7, 11) is 0. The Hall–Kier alpha value is -1.76. The second-order valence-electron chi connectivity index (χ2n) is 11.0. The van der Waals surface area contributed by atoms with Gasteiger partial charge in [-0.25, -0.2) is 9.37 Å². The molecule has 2 aromatic rings. The summed E-state index contributed by atoms with van der Waals surface area (Å²) in [5, 5.41) is 5.81. The van der Waals surface area contributed by atoms with Crippen LogP contribution >= 0.6 is 11.6 Å². The first-order chi connectivity index (χ1) is 16.3. The topological polar surface area (TPSA) is 54.5 Å². The van der Waals surface area contributed by atoms with Crippen molar-refractivity contribution < 1.29 is 13.9 Å². The molecule has 1 aromatic carbocycles. The van der Waals surface area contributed by atoms with Crippen LogP contribution in [0.1, 0.15) is 70.3 Å². The maximum atomic E-state index is 13.6. The number of amides is 1. The summed E-state index contributed by atoms with van der Waals surface area (Å²) in [5.74, 6) is 0.926. The fraction of sp³-hybridized carbons (Fsp3) is 0.630. The van der Waals surface area contributed by atoms with Gasteiger partial charge >= 0.3 is 0 Å². The van der Waals surface area contributed by atoms with E-state index in [2.05, 4.69) is 21.3 Å². The summed E-state index contributed by atoms with van der Waals surface area (Å²) in [5.41, 5.74) is 0.899. The summed E-state index contributed by atoms with van der Waals surface area (Å²) in [4.78, 5) is 19.7. The van der Waals surface area contributed by atoms with Gasteiger partial charge in [0.25, 0.3) is 0 Å². The molecule has 2 saturated heterocycles. The van der Waals surface area contributed by atoms with E-state index in [4.69, 9.17) is 16.3 Å². The van der Waals surface area contributed by atoms with E-state index in [1.54, 1.807) is 6.20 Å². The molecule has 7 heteroatoms. The van der Waals surface area contributed by atoms with Crippen molar-refractivity contribution in [2.45, 2.75) is 82.5 Å². The molecule has 5 rings (SSSR count). The molecule has 1 amide bonds. The van der Waals surface area contributed by atoms with Crippen LogP contribution in [-0.2, 0) is 9.53 Å². The fourth-order valence-corrected chi connectivity index (χ4v) is 6.40. The van der Waals surface area contributed by atoms with Crippen molar-refractivity contribution in [3.63, 3.8) is 0 Å². The minimum atomic E-state index is -0.658. The number of carbonyl (C=O) groups is 1. The molecule has 3 aliphatic rings. The van der Waals surface area contributed by atoms with Crippen molar-refractivity contribution in [2.75, 3.05) is 25.0 Å². The van der Waals surface area contributed by atoms with E-state index in [0.29, 0.717) is 43.8 Å². The zero-order valence-electron chi connectivity index (χ0n) is 20.2. The highest BCUT2D eigenvalue weighted by Gasteiger charge is 2.34. The minimum absolute atomic E-state index is 0.00756. The quantitative estimate of drug-likeness (QED) is 0.566. The number of ether oxygens (including phenoxy) is 1. The van der Waals surface area contributed by atoms with Crippen LogP contribution in [-0.4, -0.2) is 53.3 Å². The number of hydrogen-bond donors (Lipinski definition) is 1. The summed E-state index contributed by atoms with van der Waals surface area (Å²) in [6.45, 7) is 6.15. The summed E-state index contributed by atoms with van der Waals surface area (Å²) in [6, 6.07) is 6.61. The Bertz CT molecular complexity index is 1050. The number of hydrogen-bond acceptors (Lipinski definition) is 4. The Morgan fingerprint density at radius 3 is 2.65 bits per heavy atom. The first kappa shape index (κ1) is 24.0. The van der Waals surface area contributed by atoms with Crippen LogP contribution in [0.5, 0.6) is 0 Å². The maximum Gasteiger partial charge on any atom is 0.228 e. The lowest BCUT2D eigenvalue weighted by Gasteiger charge is -2.35. The van der Waals surface area contributed by atoms with E-state index in [-0.39, 0.29) is 17.4 Å². The summed E-state index contributed by atoms with van der Waals surface area (Å²) < 4.78 is 19.4. The number of fused-ring (bicyclic) bond motifs is 1. The zero-order chi connectivity index (χ0) is 23.9. The summed E-state index contributed by atoms with van der Waals surface area (Å²) in [6.07, 6.45) is 7.55. The summed E-state index contributed by atoms with van der Waals surface area (Å²) >= 11 is 6.70. The van der Waals surface area contributed by atoms with Crippen LogP contribution in [0.15, 0.2) is 24.4 Å². The molecule has 3 heterocycles. The predicted octanol–water partition coefficient (Wildman–Crippen LogP) is 6.10. The van der Waals surface area contributed by atoms with E-state index in [9.17, 15) is 9.18 Å². The Labute approximate surface area is 206 Å². The molecule has 184 valence electrons. The minimum Gasteiger partial charge on any atom is -0.376 e. The monoisotopic (exact) mass is 487 g/mol. The molecule has 0 unspecified atom stereocenters. The number of rotatable bonds is 4. The van der Waals surface area contributed by atoms with E-state index in [1.807, 2.05) is 26.0 Å². The molecule has 0 bridgehead atoms. The number of aromatic nitrogens is 1. The van der Waals surface area contributed by atoms with Crippen molar-refractivity contribution >= 4 is 34.1 Å². The zero-order valence-corrected chi connectivity index (χ0v) is 20.9.